The zero-order chi connectivity index (χ0) is 20.1. The average molecular weight is 389 g/mol. The van der Waals surface area contributed by atoms with Gasteiger partial charge in [-0.3, -0.25) is 0 Å². The Labute approximate surface area is 160 Å². The second-order valence-electron chi connectivity index (χ2n) is 7.83. The Kier molecular flexibility index (Phi) is 4.45. The maximum atomic E-state index is 14.3. The lowest BCUT2D eigenvalue weighted by molar-refractivity contribution is 0.182. The highest BCUT2D eigenvalue weighted by Crippen LogP contribution is 2.44. The van der Waals surface area contributed by atoms with Gasteiger partial charge in [0, 0.05) is 42.6 Å². The standard InChI is InChI=1S/C20H21F2N3O3/c1-20(2,25-19(26)27)10-5-16(12-4-3-11(21)7-15(12)22)24-17(6-10)28-18-13-8-23-9-14(13)18/h3-7,13-14,18,23,25H,8-9H2,1-2H3,(H,26,27)/t13-,14+,18-. The molecule has 0 bridgehead atoms. The highest BCUT2D eigenvalue weighted by Gasteiger charge is 2.55. The molecule has 8 heteroatoms. The second kappa shape index (κ2) is 6.70. The number of nitrogens with one attached hydrogen (secondary N) is 2. The summed E-state index contributed by atoms with van der Waals surface area (Å²) in [5, 5.41) is 14.9. The third kappa shape index (κ3) is 3.52. The molecule has 4 rings (SSSR count). The van der Waals surface area contributed by atoms with Crippen molar-refractivity contribution >= 4 is 6.09 Å². The molecule has 1 aliphatic heterocycles. The number of benzene rings is 1. The van der Waals surface area contributed by atoms with E-state index in [1.165, 1.54) is 6.07 Å². The number of amides is 1. The van der Waals surface area contributed by atoms with Crippen LogP contribution < -0.4 is 15.4 Å². The number of hydrogen-bond donors (Lipinski definition) is 3. The fourth-order valence-electron chi connectivity index (χ4n) is 3.78. The molecule has 0 radical (unpaired) electrons. The Morgan fingerprint density at radius 3 is 2.61 bits per heavy atom. The molecule has 6 nitrogen and oxygen atoms in total. The number of ether oxygens (including phenoxy) is 1. The number of hydrogen-bond acceptors (Lipinski definition) is 4. The number of pyridine rings is 1. The average Bonchev–Trinajstić information content (AvgIpc) is 3.01. The smallest absolute Gasteiger partial charge is 0.405 e. The van der Waals surface area contributed by atoms with Crippen LogP contribution in [-0.2, 0) is 5.54 Å². The van der Waals surface area contributed by atoms with E-state index in [-0.39, 0.29) is 17.4 Å². The van der Waals surface area contributed by atoms with Crippen molar-refractivity contribution < 1.29 is 23.4 Å². The Morgan fingerprint density at radius 1 is 1.25 bits per heavy atom. The monoisotopic (exact) mass is 389 g/mol. The largest absolute Gasteiger partial charge is 0.474 e. The Hall–Kier alpha value is -2.74. The van der Waals surface area contributed by atoms with Gasteiger partial charge in [0.25, 0.3) is 0 Å². The zero-order valence-corrected chi connectivity index (χ0v) is 15.5. The van der Waals surface area contributed by atoms with Crippen molar-refractivity contribution in [1.82, 2.24) is 15.6 Å². The number of rotatable bonds is 5. The van der Waals surface area contributed by atoms with Crippen molar-refractivity contribution in [3.8, 4) is 17.1 Å². The fourth-order valence-corrected chi connectivity index (χ4v) is 3.78. The van der Waals surface area contributed by atoms with Gasteiger partial charge >= 0.3 is 6.09 Å². The topological polar surface area (TPSA) is 83.5 Å². The van der Waals surface area contributed by atoms with E-state index in [1.807, 2.05) is 0 Å². The molecular weight excluding hydrogens is 368 g/mol. The molecule has 2 aromatic rings. The van der Waals surface area contributed by atoms with Crippen LogP contribution in [0, 0.1) is 23.5 Å². The summed E-state index contributed by atoms with van der Waals surface area (Å²) in [5.74, 6) is -0.258. The molecule has 2 heterocycles. The van der Waals surface area contributed by atoms with E-state index in [2.05, 4.69) is 15.6 Å². The highest BCUT2D eigenvalue weighted by molar-refractivity contribution is 5.67. The number of fused-ring (bicyclic) bond motifs is 1. The fraction of sp³-hybridized carbons (Fsp3) is 0.400. The molecule has 1 aliphatic carbocycles. The summed E-state index contributed by atoms with van der Waals surface area (Å²) >= 11 is 0. The molecule has 1 aromatic carbocycles. The second-order valence-corrected chi connectivity index (χ2v) is 7.83. The van der Waals surface area contributed by atoms with Gasteiger partial charge in [0.05, 0.1) is 11.2 Å². The third-order valence-corrected chi connectivity index (χ3v) is 5.42. The van der Waals surface area contributed by atoms with Crippen LogP contribution in [-0.4, -0.2) is 35.4 Å². The van der Waals surface area contributed by atoms with Crippen LogP contribution in [0.15, 0.2) is 30.3 Å². The summed E-state index contributed by atoms with van der Waals surface area (Å²) in [6, 6.07) is 6.53. The maximum absolute atomic E-state index is 14.3. The number of aromatic nitrogens is 1. The van der Waals surface area contributed by atoms with Crippen molar-refractivity contribution in [3.05, 3.63) is 47.5 Å². The molecule has 1 amide bonds. The molecule has 2 fully saturated rings. The molecule has 3 atom stereocenters. The number of halogens is 2. The lowest BCUT2D eigenvalue weighted by atomic mass is 9.93. The summed E-state index contributed by atoms with van der Waals surface area (Å²) in [4.78, 5) is 15.6. The van der Waals surface area contributed by atoms with Crippen LogP contribution in [0.4, 0.5) is 13.6 Å². The molecule has 0 spiro atoms. The molecule has 1 saturated heterocycles. The first kappa shape index (κ1) is 18.6. The predicted octanol–water partition coefficient (Wildman–Crippen LogP) is 3.13. The Balaban J connectivity index is 1.73. The molecule has 1 saturated carbocycles. The van der Waals surface area contributed by atoms with Gasteiger partial charge in [0.1, 0.15) is 17.7 Å². The van der Waals surface area contributed by atoms with E-state index in [9.17, 15) is 13.6 Å². The van der Waals surface area contributed by atoms with E-state index in [0.717, 1.165) is 25.2 Å². The summed E-state index contributed by atoms with van der Waals surface area (Å²) in [5.41, 5.74) is -0.00676. The van der Waals surface area contributed by atoms with Crippen molar-refractivity contribution in [1.29, 1.82) is 0 Å². The minimum Gasteiger partial charge on any atom is -0.474 e. The minimum atomic E-state index is -1.18. The van der Waals surface area contributed by atoms with Gasteiger partial charge in [-0.2, -0.15) is 0 Å². The molecule has 148 valence electrons. The van der Waals surface area contributed by atoms with E-state index in [0.29, 0.717) is 23.3 Å². The normalized spacial score (nSPS) is 23.2. The van der Waals surface area contributed by atoms with Gasteiger partial charge in [0.15, 0.2) is 0 Å². The number of nitrogens with zero attached hydrogens (tertiary/aromatic N) is 1. The van der Waals surface area contributed by atoms with Crippen molar-refractivity contribution in [2.24, 2.45) is 11.8 Å². The number of carboxylic acid groups (broad SMARTS) is 1. The summed E-state index contributed by atoms with van der Waals surface area (Å²) in [6.07, 6.45) is -1.13. The van der Waals surface area contributed by atoms with Crippen LogP contribution in [0.3, 0.4) is 0 Å². The maximum Gasteiger partial charge on any atom is 0.405 e. The van der Waals surface area contributed by atoms with Crippen LogP contribution in [0.25, 0.3) is 11.3 Å². The zero-order valence-electron chi connectivity index (χ0n) is 15.5. The van der Waals surface area contributed by atoms with Crippen molar-refractivity contribution in [2.45, 2.75) is 25.5 Å². The van der Waals surface area contributed by atoms with E-state index >= 15 is 0 Å². The summed E-state index contributed by atoms with van der Waals surface area (Å²) in [6.45, 7) is 5.17. The van der Waals surface area contributed by atoms with Gasteiger partial charge in [0.2, 0.25) is 5.88 Å². The number of carbonyl (C=O) groups is 1. The molecular formula is C20H21F2N3O3. The predicted molar refractivity (Wildman–Crippen MR) is 98.0 cm³/mol. The van der Waals surface area contributed by atoms with E-state index < -0.39 is 23.3 Å². The summed E-state index contributed by atoms with van der Waals surface area (Å²) in [7, 11) is 0. The molecule has 0 unspecified atom stereocenters. The van der Waals surface area contributed by atoms with Crippen LogP contribution in [0.2, 0.25) is 0 Å². The highest BCUT2D eigenvalue weighted by atomic mass is 19.1. The molecule has 3 N–H and O–H groups in total. The van der Waals surface area contributed by atoms with E-state index in [4.69, 9.17) is 9.84 Å². The van der Waals surface area contributed by atoms with Gasteiger partial charge in [-0.1, -0.05) is 0 Å². The van der Waals surface area contributed by atoms with Crippen LogP contribution in [0.5, 0.6) is 5.88 Å². The molecule has 2 aliphatic rings. The van der Waals surface area contributed by atoms with Crippen molar-refractivity contribution in [3.63, 3.8) is 0 Å². The minimum absolute atomic E-state index is 0.0467. The summed E-state index contributed by atoms with van der Waals surface area (Å²) < 4.78 is 33.7. The van der Waals surface area contributed by atoms with Crippen molar-refractivity contribution in [2.75, 3.05) is 13.1 Å². The van der Waals surface area contributed by atoms with Gasteiger partial charge in [-0.15, -0.1) is 0 Å². The lowest BCUT2D eigenvalue weighted by Gasteiger charge is -2.26. The quantitative estimate of drug-likeness (QED) is 0.732. The lowest BCUT2D eigenvalue weighted by Crippen LogP contribution is -2.40. The molecule has 28 heavy (non-hydrogen) atoms. The first-order chi connectivity index (χ1) is 13.2. The first-order valence-electron chi connectivity index (χ1n) is 9.11. The first-order valence-corrected chi connectivity index (χ1v) is 9.11. The van der Waals surface area contributed by atoms with Crippen LogP contribution >= 0.6 is 0 Å². The SMILES string of the molecule is CC(C)(NC(=O)O)c1cc(O[C@@H]2[C@@H]3CNC[C@@H]32)nc(-c2ccc(F)cc2F)c1. The number of piperidine rings is 1. The Morgan fingerprint density at radius 2 is 1.96 bits per heavy atom. The van der Waals surface area contributed by atoms with E-state index in [1.54, 1.807) is 26.0 Å². The van der Waals surface area contributed by atoms with Gasteiger partial charge < -0.3 is 20.5 Å². The van der Waals surface area contributed by atoms with Gasteiger partial charge in [-0.05, 0) is 37.6 Å². The third-order valence-electron chi connectivity index (χ3n) is 5.42. The van der Waals surface area contributed by atoms with Crippen LogP contribution in [0.1, 0.15) is 19.4 Å². The van der Waals surface area contributed by atoms with Gasteiger partial charge in [-0.25, -0.2) is 18.6 Å². The molecule has 1 aromatic heterocycles. The Bertz CT molecular complexity index is 925.